The van der Waals surface area contributed by atoms with Crippen molar-refractivity contribution in [2.24, 2.45) is 0 Å². The van der Waals surface area contributed by atoms with Crippen LogP contribution in [0.25, 0.3) is 0 Å². The molecule has 2 aromatic heterocycles. The lowest BCUT2D eigenvalue weighted by atomic mass is 10.1. The highest BCUT2D eigenvalue weighted by Crippen LogP contribution is 2.16. The van der Waals surface area contributed by atoms with Crippen molar-refractivity contribution >= 4 is 17.1 Å². The molecule has 0 unspecified atom stereocenters. The van der Waals surface area contributed by atoms with Crippen LogP contribution in [0.15, 0.2) is 30.0 Å². The molecule has 3 nitrogen and oxygen atoms in total. The van der Waals surface area contributed by atoms with E-state index in [1.165, 1.54) is 11.3 Å². The van der Waals surface area contributed by atoms with E-state index in [1.807, 2.05) is 6.92 Å². The van der Waals surface area contributed by atoms with Crippen LogP contribution in [-0.4, -0.2) is 15.8 Å². The third-order valence-corrected chi connectivity index (χ3v) is 2.80. The summed E-state index contributed by atoms with van der Waals surface area (Å²) < 4.78 is 0. The molecule has 0 spiro atoms. The van der Waals surface area contributed by atoms with Crippen LogP contribution < -0.4 is 0 Å². The van der Waals surface area contributed by atoms with E-state index in [2.05, 4.69) is 9.97 Å². The summed E-state index contributed by atoms with van der Waals surface area (Å²) in [5, 5.41) is 0. The molecule has 4 heteroatoms. The Balaban J connectivity index is 2.39. The summed E-state index contributed by atoms with van der Waals surface area (Å²) in [5.41, 5.74) is 3.07. The Bertz CT molecular complexity index is 450. The first-order chi connectivity index (χ1) is 6.79. The molecule has 0 fully saturated rings. The Hall–Kier alpha value is -1.55. The van der Waals surface area contributed by atoms with E-state index in [1.54, 1.807) is 30.0 Å². The fourth-order valence-corrected chi connectivity index (χ4v) is 1.91. The summed E-state index contributed by atoms with van der Waals surface area (Å²) in [6.07, 6.45) is 3.22. The number of ketones is 1. The number of pyridine rings is 1. The van der Waals surface area contributed by atoms with Gasteiger partial charge in [0, 0.05) is 18.0 Å². The molecule has 2 aromatic rings. The number of carbonyl (C=O) groups excluding carboxylic acids is 1. The largest absolute Gasteiger partial charge is 0.288 e. The SMILES string of the molecule is Cc1ncsc1C(=O)c1cccnc1. The second-order valence-electron chi connectivity index (χ2n) is 2.84. The standard InChI is InChI=1S/C10H8N2OS/c1-7-10(14-6-12-7)9(13)8-3-2-4-11-5-8/h2-6H,1H3. The molecule has 0 saturated heterocycles. The zero-order chi connectivity index (χ0) is 9.97. The van der Waals surface area contributed by atoms with Gasteiger partial charge in [-0.3, -0.25) is 9.78 Å². The quantitative estimate of drug-likeness (QED) is 0.703. The molecular formula is C10H8N2OS. The monoisotopic (exact) mass is 204 g/mol. The van der Waals surface area contributed by atoms with Crippen molar-refractivity contribution in [2.75, 3.05) is 0 Å². The van der Waals surface area contributed by atoms with E-state index in [0.29, 0.717) is 10.4 Å². The molecule has 0 aliphatic rings. The van der Waals surface area contributed by atoms with Gasteiger partial charge in [0.25, 0.3) is 0 Å². The van der Waals surface area contributed by atoms with Gasteiger partial charge in [-0.2, -0.15) is 0 Å². The maximum absolute atomic E-state index is 11.9. The fourth-order valence-electron chi connectivity index (χ4n) is 1.15. The lowest BCUT2D eigenvalue weighted by Crippen LogP contribution is -2.00. The molecule has 0 amide bonds. The summed E-state index contributed by atoms with van der Waals surface area (Å²) in [4.78, 5) is 20.5. The van der Waals surface area contributed by atoms with Gasteiger partial charge in [0.1, 0.15) is 0 Å². The molecule has 0 atom stereocenters. The Kier molecular flexibility index (Phi) is 2.37. The summed E-state index contributed by atoms with van der Waals surface area (Å²) >= 11 is 1.36. The van der Waals surface area contributed by atoms with E-state index in [9.17, 15) is 4.79 Å². The Morgan fingerprint density at radius 2 is 2.36 bits per heavy atom. The predicted octanol–water partition coefficient (Wildman–Crippen LogP) is 2.08. The highest BCUT2D eigenvalue weighted by Gasteiger charge is 2.13. The van der Waals surface area contributed by atoms with Crippen molar-refractivity contribution in [3.63, 3.8) is 0 Å². The van der Waals surface area contributed by atoms with Crippen LogP contribution >= 0.6 is 11.3 Å². The van der Waals surface area contributed by atoms with Crippen LogP contribution in [0.3, 0.4) is 0 Å². The highest BCUT2D eigenvalue weighted by atomic mass is 32.1. The van der Waals surface area contributed by atoms with Gasteiger partial charge >= 0.3 is 0 Å². The molecule has 2 rings (SSSR count). The van der Waals surface area contributed by atoms with Crippen LogP contribution in [0.4, 0.5) is 0 Å². The van der Waals surface area contributed by atoms with Gasteiger partial charge in [0.15, 0.2) is 0 Å². The van der Waals surface area contributed by atoms with Crippen molar-refractivity contribution in [3.05, 3.63) is 46.2 Å². The molecule has 0 bridgehead atoms. The summed E-state index contributed by atoms with van der Waals surface area (Å²) in [5.74, 6) is -0.00176. The molecular weight excluding hydrogens is 196 g/mol. The van der Waals surface area contributed by atoms with Gasteiger partial charge in [-0.05, 0) is 19.1 Å². The highest BCUT2D eigenvalue weighted by molar-refractivity contribution is 7.12. The first-order valence-electron chi connectivity index (χ1n) is 4.14. The molecule has 70 valence electrons. The number of carbonyl (C=O) groups is 1. The molecule has 0 aliphatic heterocycles. The van der Waals surface area contributed by atoms with Crippen molar-refractivity contribution in [2.45, 2.75) is 6.92 Å². The Morgan fingerprint density at radius 1 is 1.50 bits per heavy atom. The molecule has 0 radical (unpaired) electrons. The van der Waals surface area contributed by atoms with E-state index < -0.39 is 0 Å². The smallest absolute Gasteiger partial charge is 0.206 e. The van der Waals surface area contributed by atoms with E-state index >= 15 is 0 Å². The van der Waals surface area contributed by atoms with Crippen LogP contribution in [0.2, 0.25) is 0 Å². The maximum atomic E-state index is 11.9. The number of thiazole rings is 1. The Morgan fingerprint density at radius 3 is 2.93 bits per heavy atom. The summed E-state index contributed by atoms with van der Waals surface area (Å²) in [7, 11) is 0. The normalized spacial score (nSPS) is 10.1. The van der Waals surface area contributed by atoms with Gasteiger partial charge in [0.05, 0.1) is 16.1 Å². The lowest BCUT2D eigenvalue weighted by molar-refractivity contribution is 0.104. The van der Waals surface area contributed by atoms with Crippen molar-refractivity contribution < 1.29 is 4.79 Å². The lowest BCUT2D eigenvalue weighted by Gasteiger charge is -1.96. The third-order valence-electron chi connectivity index (χ3n) is 1.88. The van der Waals surface area contributed by atoms with E-state index in [-0.39, 0.29) is 5.78 Å². The summed E-state index contributed by atoms with van der Waals surface area (Å²) in [6.45, 7) is 1.83. The molecule has 14 heavy (non-hydrogen) atoms. The first-order valence-corrected chi connectivity index (χ1v) is 5.02. The van der Waals surface area contributed by atoms with Crippen LogP contribution in [-0.2, 0) is 0 Å². The van der Waals surface area contributed by atoms with Gasteiger partial charge < -0.3 is 0 Å². The van der Waals surface area contributed by atoms with Gasteiger partial charge in [0.2, 0.25) is 5.78 Å². The second kappa shape index (κ2) is 3.67. The molecule has 0 saturated carbocycles. The topological polar surface area (TPSA) is 42.9 Å². The average Bonchev–Trinajstić information content (AvgIpc) is 2.65. The van der Waals surface area contributed by atoms with Crippen LogP contribution in [0.5, 0.6) is 0 Å². The fraction of sp³-hybridized carbons (Fsp3) is 0.100. The van der Waals surface area contributed by atoms with Crippen LogP contribution in [0, 0.1) is 6.92 Å². The number of aryl methyl sites for hydroxylation is 1. The van der Waals surface area contributed by atoms with Gasteiger partial charge in [-0.15, -0.1) is 11.3 Å². The average molecular weight is 204 g/mol. The minimum Gasteiger partial charge on any atom is -0.288 e. The van der Waals surface area contributed by atoms with E-state index in [0.717, 1.165) is 5.69 Å². The van der Waals surface area contributed by atoms with Crippen molar-refractivity contribution in [3.8, 4) is 0 Å². The van der Waals surface area contributed by atoms with E-state index in [4.69, 9.17) is 0 Å². The second-order valence-corrected chi connectivity index (χ2v) is 3.69. The molecule has 0 N–H and O–H groups in total. The number of aromatic nitrogens is 2. The van der Waals surface area contributed by atoms with Gasteiger partial charge in [-0.25, -0.2) is 4.98 Å². The number of rotatable bonds is 2. The number of nitrogens with zero attached hydrogens (tertiary/aromatic N) is 2. The minimum absolute atomic E-state index is 0.00176. The minimum atomic E-state index is -0.00176. The predicted molar refractivity (Wildman–Crippen MR) is 54.5 cm³/mol. The molecule has 0 aromatic carbocycles. The summed E-state index contributed by atoms with van der Waals surface area (Å²) in [6, 6.07) is 3.51. The molecule has 2 heterocycles. The zero-order valence-corrected chi connectivity index (χ0v) is 8.41. The zero-order valence-electron chi connectivity index (χ0n) is 7.60. The molecule has 0 aliphatic carbocycles. The number of hydrogen-bond donors (Lipinski definition) is 0. The van der Waals surface area contributed by atoms with Crippen molar-refractivity contribution in [1.82, 2.24) is 9.97 Å². The first kappa shape index (κ1) is 9.02. The Labute approximate surface area is 85.5 Å². The van der Waals surface area contributed by atoms with Gasteiger partial charge in [-0.1, -0.05) is 0 Å². The number of hydrogen-bond acceptors (Lipinski definition) is 4. The maximum Gasteiger partial charge on any atom is 0.206 e. The third kappa shape index (κ3) is 1.56. The van der Waals surface area contributed by atoms with Crippen LogP contribution in [0.1, 0.15) is 20.9 Å². The van der Waals surface area contributed by atoms with Crippen molar-refractivity contribution in [1.29, 1.82) is 0 Å².